The van der Waals surface area contributed by atoms with Crippen LogP contribution in [0.25, 0.3) is 10.6 Å². The molecule has 1 aliphatic heterocycles. The van der Waals surface area contributed by atoms with Crippen molar-refractivity contribution in [3.05, 3.63) is 53.1 Å². The summed E-state index contributed by atoms with van der Waals surface area (Å²) in [6.07, 6.45) is 3.55. The van der Waals surface area contributed by atoms with E-state index < -0.39 is 0 Å². The highest BCUT2D eigenvalue weighted by Crippen LogP contribution is 2.33. The van der Waals surface area contributed by atoms with E-state index in [1.807, 2.05) is 48.4 Å². The molecule has 1 aromatic carbocycles. The lowest BCUT2D eigenvalue weighted by atomic mass is 10.1. The van der Waals surface area contributed by atoms with Crippen molar-refractivity contribution in [3.8, 4) is 10.6 Å². The third kappa shape index (κ3) is 3.14. The van der Waals surface area contributed by atoms with Gasteiger partial charge in [0.1, 0.15) is 11.0 Å². The Morgan fingerprint density at radius 1 is 1.38 bits per heavy atom. The molecular formula is C19H20N4O2S. The van der Waals surface area contributed by atoms with Crippen LogP contribution in [0.3, 0.4) is 0 Å². The van der Waals surface area contributed by atoms with Gasteiger partial charge in [0.15, 0.2) is 5.82 Å². The molecule has 26 heavy (non-hydrogen) atoms. The number of hydrogen-bond acceptors (Lipinski definition) is 6. The fourth-order valence-corrected chi connectivity index (χ4v) is 3.84. The van der Waals surface area contributed by atoms with Crippen molar-refractivity contribution in [1.82, 2.24) is 20.0 Å². The maximum Gasteiger partial charge on any atom is 0.254 e. The van der Waals surface area contributed by atoms with Gasteiger partial charge in [-0.1, -0.05) is 31.1 Å². The average molecular weight is 368 g/mol. The predicted molar refractivity (Wildman–Crippen MR) is 98.9 cm³/mol. The van der Waals surface area contributed by atoms with E-state index in [-0.39, 0.29) is 17.9 Å². The van der Waals surface area contributed by atoms with Crippen LogP contribution in [0.15, 0.2) is 40.4 Å². The van der Waals surface area contributed by atoms with Crippen LogP contribution in [0.2, 0.25) is 0 Å². The topological polar surface area (TPSA) is 72.1 Å². The standard InChI is InChI=1S/C19H20N4O2S/c1-12(2)16-21-17(25-22-16)15-7-4-9-23(15)19(24)14-6-3-5-13(11-14)18-20-8-10-26-18/h3,5-6,8,10-12,15H,4,7,9H2,1-2H3. The molecule has 6 nitrogen and oxygen atoms in total. The molecular weight excluding hydrogens is 348 g/mol. The van der Waals surface area contributed by atoms with Crippen LogP contribution in [0, 0.1) is 0 Å². The summed E-state index contributed by atoms with van der Waals surface area (Å²) in [7, 11) is 0. The zero-order valence-corrected chi connectivity index (χ0v) is 15.6. The molecule has 0 bridgehead atoms. The van der Waals surface area contributed by atoms with Gasteiger partial charge in [0, 0.05) is 35.2 Å². The van der Waals surface area contributed by atoms with Gasteiger partial charge in [0.05, 0.1) is 0 Å². The average Bonchev–Trinajstić information content (AvgIpc) is 3.41. The van der Waals surface area contributed by atoms with Crippen LogP contribution in [0.1, 0.15) is 60.7 Å². The summed E-state index contributed by atoms with van der Waals surface area (Å²) in [5, 5.41) is 6.89. The second-order valence-corrected chi connectivity index (χ2v) is 7.61. The van der Waals surface area contributed by atoms with Gasteiger partial charge in [-0.2, -0.15) is 4.98 Å². The summed E-state index contributed by atoms with van der Waals surface area (Å²) in [6, 6.07) is 7.49. The van der Waals surface area contributed by atoms with Gasteiger partial charge in [0.25, 0.3) is 5.91 Å². The Balaban J connectivity index is 1.59. The van der Waals surface area contributed by atoms with Crippen molar-refractivity contribution in [3.63, 3.8) is 0 Å². The highest BCUT2D eigenvalue weighted by Gasteiger charge is 2.34. The second-order valence-electron chi connectivity index (χ2n) is 6.72. The number of benzene rings is 1. The van der Waals surface area contributed by atoms with Crippen molar-refractivity contribution in [2.24, 2.45) is 0 Å². The van der Waals surface area contributed by atoms with Gasteiger partial charge in [-0.15, -0.1) is 11.3 Å². The molecule has 1 aliphatic rings. The fourth-order valence-electron chi connectivity index (χ4n) is 3.20. The molecule has 7 heteroatoms. The quantitative estimate of drug-likeness (QED) is 0.687. The third-order valence-electron chi connectivity index (χ3n) is 4.56. The minimum atomic E-state index is -0.147. The molecule has 0 radical (unpaired) electrons. The van der Waals surface area contributed by atoms with Crippen LogP contribution >= 0.6 is 11.3 Å². The summed E-state index contributed by atoms with van der Waals surface area (Å²) in [4.78, 5) is 23.8. The van der Waals surface area contributed by atoms with Crippen LogP contribution < -0.4 is 0 Å². The number of aromatic nitrogens is 3. The zero-order chi connectivity index (χ0) is 18.1. The molecule has 4 rings (SSSR count). The molecule has 1 saturated heterocycles. The Hall–Kier alpha value is -2.54. The largest absolute Gasteiger partial charge is 0.337 e. The first-order valence-electron chi connectivity index (χ1n) is 8.78. The van der Waals surface area contributed by atoms with Crippen LogP contribution in [0.4, 0.5) is 0 Å². The number of hydrogen-bond donors (Lipinski definition) is 0. The second kappa shape index (κ2) is 6.99. The molecule has 1 fully saturated rings. The van der Waals surface area contributed by atoms with E-state index >= 15 is 0 Å². The Labute approximate surface area is 155 Å². The Morgan fingerprint density at radius 3 is 3.00 bits per heavy atom. The number of carbonyl (C=O) groups excluding carboxylic acids is 1. The van der Waals surface area contributed by atoms with Crippen molar-refractivity contribution in [2.75, 3.05) is 6.54 Å². The predicted octanol–water partition coefficient (Wildman–Crippen LogP) is 4.29. The minimum Gasteiger partial charge on any atom is -0.337 e. The van der Waals surface area contributed by atoms with Gasteiger partial charge in [-0.3, -0.25) is 4.79 Å². The number of carbonyl (C=O) groups is 1. The first kappa shape index (κ1) is 16.9. The molecule has 2 aromatic heterocycles. The van der Waals surface area contributed by atoms with Crippen molar-refractivity contribution in [2.45, 2.75) is 38.6 Å². The molecule has 3 aromatic rings. The summed E-state index contributed by atoms with van der Waals surface area (Å²) in [5.41, 5.74) is 1.62. The SMILES string of the molecule is CC(C)c1noc(C2CCCN2C(=O)c2cccc(-c3nccs3)c2)n1. The number of thiazole rings is 1. The first-order chi connectivity index (χ1) is 12.6. The molecule has 1 amide bonds. The third-order valence-corrected chi connectivity index (χ3v) is 5.38. The van der Waals surface area contributed by atoms with Crippen LogP contribution in [0.5, 0.6) is 0 Å². The van der Waals surface area contributed by atoms with Crippen LogP contribution in [-0.4, -0.2) is 32.5 Å². The van der Waals surface area contributed by atoms with Gasteiger partial charge in [0.2, 0.25) is 5.89 Å². The molecule has 1 unspecified atom stereocenters. The molecule has 0 spiro atoms. The summed E-state index contributed by atoms with van der Waals surface area (Å²) in [5.74, 6) is 1.42. The Bertz CT molecular complexity index is 904. The Kier molecular flexibility index (Phi) is 4.55. The van der Waals surface area contributed by atoms with E-state index in [1.165, 1.54) is 0 Å². The van der Waals surface area contributed by atoms with Crippen LogP contribution in [-0.2, 0) is 0 Å². The maximum atomic E-state index is 13.1. The lowest BCUT2D eigenvalue weighted by Crippen LogP contribution is -2.30. The van der Waals surface area contributed by atoms with Crippen molar-refractivity contribution < 1.29 is 9.32 Å². The van der Waals surface area contributed by atoms with Gasteiger partial charge >= 0.3 is 0 Å². The number of likely N-dealkylation sites (tertiary alicyclic amines) is 1. The number of nitrogens with zero attached hydrogens (tertiary/aromatic N) is 4. The minimum absolute atomic E-state index is 0.00444. The molecule has 1 atom stereocenters. The molecule has 3 heterocycles. The van der Waals surface area contributed by atoms with Crippen molar-refractivity contribution in [1.29, 1.82) is 0 Å². The summed E-state index contributed by atoms with van der Waals surface area (Å²) >= 11 is 1.56. The van der Waals surface area contributed by atoms with E-state index in [0.717, 1.165) is 23.4 Å². The lowest BCUT2D eigenvalue weighted by molar-refractivity contribution is 0.0710. The van der Waals surface area contributed by atoms with Gasteiger partial charge in [-0.25, -0.2) is 4.98 Å². The van der Waals surface area contributed by atoms with E-state index in [2.05, 4.69) is 15.1 Å². The molecule has 134 valence electrons. The fraction of sp³-hybridized carbons (Fsp3) is 0.368. The summed E-state index contributed by atoms with van der Waals surface area (Å²) < 4.78 is 5.45. The van der Waals surface area contributed by atoms with E-state index in [9.17, 15) is 4.79 Å². The maximum absolute atomic E-state index is 13.1. The van der Waals surface area contributed by atoms with Gasteiger partial charge < -0.3 is 9.42 Å². The lowest BCUT2D eigenvalue weighted by Gasteiger charge is -2.22. The van der Waals surface area contributed by atoms with Gasteiger partial charge in [-0.05, 0) is 25.0 Å². The highest BCUT2D eigenvalue weighted by atomic mass is 32.1. The monoisotopic (exact) mass is 368 g/mol. The number of amides is 1. The summed E-state index contributed by atoms with van der Waals surface area (Å²) in [6.45, 7) is 4.75. The Morgan fingerprint density at radius 2 is 2.27 bits per heavy atom. The number of rotatable bonds is 4. The van der Waals surface area contributed by atoms with E-state index in [1.54, 1.807) is 17.5 Å². The zero-order valence-electron chi connectivity index (χ0n) is 14.8. The smallest absolute Gasteiger partial charge is 0.254 e. The molecule has 0 saturated carbocycles. The normalized spacial score (nSPS) is 17.2. The first-order valence-corrected chi connectivity index (χ1v) is 9.66. The van der Waals surface area contributed by atoms with Crippen molar-refractivity contribution >= 4 is 17.2 Å². The molecule has 0 N–H and O–H groups in total. The molecule has 0 aliphatic carbocycles. The van der Waals surface area contributed by atoms with E-state index in [4.69, 9.17) is 4.52 Å². The highest BCUT2D eigenvalue weighted by molar-refractivity contribution is 7.13. The van der Waals surface area contributed by atoms with E-state index in [0.29, 0.717) is 23.8 Å².